The van der Waals surface area contributed by atoms with Crippen LogP contribution in [0.3, 0.4) is 0 Å². The van der Waals surface area contributed by atoms with Gasteiger partial charge < -0.3 is 19.5 Å². The van der Waals surface area contributed by atoms with E-state index in [1.165, 1.54) is 62.7 Å². The Morgan fingerprint density at radius 2 is 1.60 bits per heavy atom. The number of thiophene rings is 1. The van der Waals surface area contributed by atoms with Gasteiger partial charge in [0.1, 0.15) is 15.5 Å². The summed E-state index contributed by atoms with van der Waals surface area (Å²) in [5.74, 6) is -2.79. The predicted octanol–water partition coefficient (Wildman–Crippen LogP) is 9.01. The van der Waals surface area contributed by atoms with Gasteiger partial charge in [-0.3, -0.25) is 13.9 Å². The van der Waals surface area contributed by atoms with Crippen LogP contribution in [-0.4, -0.2) is 46.8 Å². The van der Waals surface area contributed by atoms with E-state index in [-0.39, 0.29) is 42.5 Å². The van der Waals surface area contributed by atoms with Crippen molar-refractivity contribution in [1.82, 2.24) is 0 Å². The summed E-state index contributed by atoms with van der Waals surface area (Å²) in [7, 11) is -1.72. The number of benzene rings is 4. The number of hydrogen-bond donors (Lipinski definition) is 1. The summed E-state index contributed by atoms with van der Waals surface area (Å²) in [4.78, 5) is 38.8. The number of nitrogens with one attached hydrogen (secondary N) is 1. The Hall–Kier alpha value is -5.09. The number of hydrogen-bond acceptors (Lipinski definition) is 9. The fraction of sp³-hybridized carbons (Fsp3) is 0.139. The molecule has 0 fully saturated rings. The summed E-state index contributed by atoms with van der Waals surface area (Å²) in [6.07, 6.45) is -4.97. The van der Waals surface area contributed by atoms with Crippen molar-refractivity contribution in [1.29, 1.82) is 0 Å². The number of carbonyl (C=O) groups is 3. The van der Waals surface area contributed by atoms with E-state index in [9.17, 15) is 36.0 Å². The minimum absolute atomic E-state index is 0.0172. The van der Waals surface area contributed by atoms with Crippen molar-refractivity contribution in [2.75, 3.05) is 30.4 Å². The number of alkyl halides is 3. The van der Waals surface area contributed by atoms with E-state index in [0.29, 0.717) is 29.8 Å². The van der Waals surface area contributed by atoms with Crippen LogP contribution in [0.15, 0.2) is 95.9 Å². The van der Waals surface area contributed by atoms with E-state index in [1.807, 2.05) is 0 Å². The van der Waals surface area contributed by atoms with E-state index < -0.39 is 55.6 Å². The van der Waals surface area contributed by atoms with Crippen LogP contribution in [0, 0.1) is 0 Å². The van der Waals surface area contributed by atoms with E-state index in [4.69, 9.17) is 37.4 Å². The van der Waals surface area contributed by atoms with Gasteiger partial charge in [-0.15, -0.1) is 11.3 Å². The average Bonchev–Trinajstić information content (AvgIpc) is 3.53. The van der Waals surface area contributed by atoms with Crippen LogP contribution in [-0.2, 0) is 16.2 Å². The maximum absolute atomic E-state index is 14.0. The van der Waals surface area contributed by atoms with E-state index in [2.05, 4.69) is 5.32 Å². The van der Waals surface area contributed by atoms with Crippen molar-refractivity contribution >= 4 is 73.6 Å². The quantitative estimate of drug-likeness (QED) is 0.0752. The Morgan fingerprint density at radius 3 is 2.26 bits per heavy atom. The third-order valence-corrected chi connectivity index (χ3v) is 10.9. The Labute approximate surface area is 315 Å². The molecule has 1 heterocycles. The van der Waals surface area contributed by atoms with Crippen molar-refractivity contribution in [3.05, 3.63) is 127 Å². The zero-order chi connectivity index (χ0) is 38.7. The molecule has 4 aromatic carbocycles. The molecular formula is C36H27Cl2F3N2O8S2. The lowest BCUT2D eigenvalue weighted by Gasteiger charge is -2.21. The van der Waals surface area contributed by atoms with E-state index in [1.54, 1.807) is 13.0 Å². The SMILES string of the molecule is CCOc1ccc(N(C)S(=O)(=O)c2cc(Cl)sc2C(=O)Nc2cc(Cl)cc(C(=O)Oc3ccc(C(=O)c4ccccc4)c(C(F)(F)F)c3)c2)cc1OC. The number of halogens is 5. The molecule has 0 unspecified atom stereocenters. The first-order valence-corrected chi connectivity index (χ1v) is 18.3. The Morgan fingerprint density at radius 1 is 0.887 bits per heavy atom. The maximum Gasteiger partial charge on any atom is 0.417 e. The molecule has 17 heteroatoms. The van der Waals surface area contributed by atoms with Crippen molar-refractivity contribution in [2.24, 2.45) is 0 Å². The van der Waals surface area contributed by atoms with Gasteiger partial charge in [0.25, 0.3) is 15.9 Å². The van der Waals surface area contributed by atoms with Crippen molar-refractivity contribution < 1.29 is 50.2 Å². The average molecular weight is 808 g/mol. The highest BCUT2D eigenvalue weighted by atomic mass is 35.5. The standard InChI is InChI=1S/C36H27Cl2F3N2O8S2/c1-4-50-28-13-10-24(17-29(28)49-3)43(2)53(47,48)30-19-31(38)52-33(30)34(45)42-23-15-21(14-22(37)16-23)35(46)51-25-11-12-26(27(18-25)36(39,40)41)32(44)20-8-6-5-7-9-20/h5-19H,4H2,1-3H3,(H,42,45). The second kappa shape index (κ2) is 15.9. The maximum atomic E-state index is 14.0. The normalized spacial score (nSPS) is 11.5. The van der Waals surface area contributed by atoms with Crippen LogP contribution >= 0.6 is 34.5 Å². The molecule has 0 aliphatic rings. The smallest absolute Gasteiger partial charge is 0.417 e. The highest BCUT2D eigenvalue weighted by molar-refractivity contribution is 7.93. The van der Waals surface area contributed by atoms with Crippen molar-refractivity contribution in [2.45, 2.75) is 18.0 Å². The molecule has 0 saturated heterocycles. The number of amides is 1. The monoisotopic (exact) mass is 806 g/mol. The minimum Gasteiger partial charge on any atom is -0.493 e. The van der Waals surface area contributed by atoms with Gasteiger partial charge in [0.2, 0.25) is 0 Å². The van der Waals surface area contributed by atoms with Crippen molar-refractivity contribution in [3.8, 4) is 17.2 Å². The van der Waals surface area contributed by atoms with Crippen LogP contribution in [0.2, 0.25) is 9.36 Å². The first-order chi connectivity index (χ1) is 25.0. The number of carbonyl (C=O) groups excluding carboxylic acids is 3. The first-order valence-electron chi connectivity index (χ1n) is 15.3. The van der Waals surface area contributed by atoms with Gasteiger partial charge in [0, 0.05) is 35.0 Å². The van der Waals surface area contributed by atoms with Gasteiger partial charge in [-0.25, -0.2) is 13.2 Å². The van der Waals surface area contributed by atoms with E-state index >= 15 is 0 Å². The molecule has 1 N–H and O–H groups in total. The summed E-state index contributed by atoms with van der Waals surface area (Å²) in [5, 5.41) is 2.41. The summed E-state index contributed by atoms with van der Waals surface area (Å²) in [6.45, 7) is 2.13. The summed E-state index contributed by atoms with van der Waals surface area (Å²) >= 11 is 13.1. The lowest BCUT2D eigenvalue weighted by Crippen LogP contribution is -2.28. The summed E-state index contributed by atoms with van der Waals surface area (Å²) in [5.41, 5.74) is -2.08. The lowest BCUT2D eigenvalue weighted by atomic mass is 9.97. The zero-order valence-corrected chi connectivity index (χ0v) is 30.9. The Kier molecular flexibility index (Phi) is 11.7. The third kappa shape index (κ3) is 8.76. The number of rotatable bonds is 12. The van der Waals surface area contributed by atoms with Gasteiger partial charge in [0.05, 0.1) is 34.9 Å². The topological polar surface area (TPSA) is 128 Å². The molecule has 5 aromatic rings. The van der Waals surface area contributed by atoms with Crippen LogP contribution in [0.5, 0.6) is 17.2 Å². The molecule has 0 saturated carbocycles. The Balaban J connectivity index is 1.38. The summed E-state index contributed by atoms with van der Waals surface area (Å²) < 4.78 is 86.6. The minimum atomic E-state index is -4.97. The number of esters is 1. The molecule has 0 radical (unpaired) electrons. The number of ether oxygens (including phenoxy) is 3. The molecule has 1 aromatic heterocycles. The lowest BCUT2D eigenvalue weighted by molar-refractivity contribution is -0.138. The highest BCUT2D eigenvalue weighted by Crippen LogP contribution is 2.38. The molecular weight excluding hydrogens is 780 g/mol. The molecule has 10 nitrogen and oxygen atoms in total. The number of ketones is 1. The molecule has 5 rings (SSSR count). The van der Waals surface area contributed by atoms with Crippen LogP contribution in [0.4, 0.5) is 24.5 Å². The predicted molar refractivity (Wildman–Crippen MR) is 195 cm³/mol. The van der Waals surface area contributed by atoms with Gasteiger partial charge in [-0.2, -0.15) is 13.2 Å². The molecule has 0 bridgehead atoms. The van der Waals surface area contributed by atoms with Crippen LogP contribution in [0.25, 0.3) is 0 Å². The Bertz CT molecular complexity index is 2320. The van der Waals surface area contributed by atoms with Gasteiger partial charge in [0.15, 0.2) is 17.3 Å². The summed E-state index contributed by atoms with van der Waals surface area (Å²) in [6, 6.07) is 19.0. The molecule has 0 aliphatic carbocycles. The molecule has 276 valence electrons. The van der Waals surface area contributed by atoms with Crippen molar-refractivity contribution in [3.63, 3.8) is 0 Å². The number of anilines is 2. The fourth-order valence-electron chi connectivity index (χ4n) is 5.01. The molecule has 0 spiro atoms. The molecule has 0 atom stereocenters. The van der Waals surface area contributed by atoms with Gasteiger partial charge in [-0.1, -0.05) is 53.5 Å². The number of nitrogens with zero attached hydrogens (tertiary/aromatic N) is 1. The second-order valence-electron chi connectivity index (χ2n) is 11.0. The molecule has 1 amide bonds. The van der Waals surface area contributed by atoms with Crippen LogP contribution in [0.1, 0.15) is 48.4 Å². The number of sulfonamides is 1. The number of methoxy groups -OCH3 is 1. The second-order valence-corrected chi connectivity index (χ2v) is 15.0. The highest BCUT2D eigenvalue weighted by Gasteiger charge is 2.36. The first kappa shape index (κ1) is 39.1. The van der Waals surface area contributed by atoms with Gasteiger partial charge in [-0.05, 0) is 61.5 Å². The van der Waals surface area contributed by atoms with Gasteiger partial charge >= 0.3 is 12.1 Å². The van der Waals surface area contributed by atoms with Crippen LogP contribution < -0.4 is 23.8 Å². The zero-order valence-electron chi connectivity index (χ0n) is 27.8. The largest absolute Gasteiger partial charge is 0.493 e. The fourth-order valence-corrected chi connectivity index (χ4v) is 8.12. The van der Waals surface area contributed by atoms with E-state index in [0.717, 1.165) is 34.6 Å². The molecule has 53 heavy (non-hydrogen) atoms. The third-order valence-electron chi connectivity index (χ3n) is 7.50. The molecule has 0 aliphatic heterocycles.